The van der Waals surface area contributed by atoms with Crippen molar-refractivity contribution < 1.29 is 19.2 Å². The first-order valence-corrected chi connectivity index (χ1v) is 13.9. The monoisotopic (exact) mass is 529 g/mol. The Morgan fingerprint density at radius 3 is 2.34 bits per heavy atom. The van der Waals surface area contributed by atoms with Crippen LogP contribution in [0.1, 0.15) is 47.4 Å². The van der Waals surface area contributed by atoms with Gasteiger partial charge in [0.05, 0.1) is 12.6 Å². The Bertz CT molecular complexity index is 1320. The molecule has 1 N–H and O–H groups in total. The standard InChI is InChI=1S/C30H31N3O4S/c1-19(2)17-23(31-28(35)21-12-10-20(11-13-21)26-9-6-16-38-26)30(37)32-15-14-24-27(32)25(34)18-33(24)29(36)22-7-4-3-5-8-22/h3-13,16,19,23-24,27H,14-15,17-18H2,1-2H3,(H,31,35). The van der Waals surface area contributed by atoms with Crippen molar-refractivity contribution in [1.29, 1.82) is 0 Å². The fourth-order valence-electron chi connectivity index (χ4n) is 5.45. The van der Waals surface area contributed by atoms with Gasteiger partial charge in [0.1, 0.15) is 12.1 Å². The van der Waals surface area contributed by atoms with Crippen molar-refractivity contribution in [1.82, 2.24) is 15.1 Å². The number of Topliss-reactive ketones (excluding diaryl/α,β-unsaturated/α-hetero) is 1. The number of nitrogens with one attached hydrogen (secondary N) is 1. The molecular formula is C30H31N3O4S. The van der Waals surface area contributed by atoms with Gasteiger partial charge in [-0.2, -0.15) is 0 Å². The third-order valence-electron chi connectivity index (χ3n) is 7.25. The molecule has 1 aromatic heterocycles. The normalized spacial score (nSPS) is 19.5. The molecule has 0 saturated carbocycles. The lowest BCUT2D eigenvalue weighted by molar-refractivity contribution is -0.138. The zero-order chi connectivity index (χ0) is 26.8. The molecule has 8 heteroatoms. The van der Waals surface area contributed by atoms with E-state index in [0.717, 1.165) is 10.4 Å². The number of hydrogen-bond acceptors (Lipinski definition) is 5. The number of hydrogen-bond donors (Lipinski definition) is 1. The third kappa shape index (κ3) is 5.13. The molecule has 2 aromatic carbocycles. The molecule has 3 unspecified atom stereocenters. The summed E-state index contributed by atoms with van der Waals surface area (Å²) in [4.78, 5) is 57.4. The predicted molar refractivity (Wildman–Crippen MR) is 147 cm³/mol. The number of likely N-dealkylation sites (tertiary alicyclic amines) is 2. The van der Waals surface area contributed by atoms with Crippen molar-refractivity contribution in [2.24, 2.45) is 5.92 Å². The van der Waals surface area contributed by atoms with Crippen LogP contribution in [0.15, 0.2) is 72.1 Å². The van der Waals surface area contributed by atoms with Gasteiger partial charge >= 0.3 is 0 Å². The molecule has 2 aliphatic rings. The molecule has 5 rings (SSSR count). The van der Waals surface area contributed by atoms with Crippen molar-refractivity contribution in [2.45, 2.75) is 44.8 Å². The van der Waals surface area contributed by atoms with Gasteiger partial charge in [-0.1, -0.05) is 50.2 Å². The third-order valence-corrected chi connectivity index (χ3v) is 8.17. The molecule has 7 nitrogen and oxygen atoms in total. The Morgan fingerprint density at radius 1 is 0.947 bits per heavy atom. The van der Waals surface area contributed by atoms with E-state index < -0.39 is 12.1 Å². The van der Waals surface area contributed by atoms with E-state index in [9.17, 15) is 19.2 Å². The zero-order valence-electron chi connectivity index (χ0n) is 21.5. The van der Waals surface area contributed by atoms with Crippen LogP contribution in [-0.4, -0.2) is 64.5 Å². The topological polar surface area (TPSA) is 86.8 Å². The van der Waals surface area contributed by atoms with Crippen LogP contribution in [0.4, 0.5) is 0 Å². The van der Waals surface area contributed by atoms with E-state index in [0.29, 0.717) is 30.5 Å². The molecule has 0 radical (unpaired) electrons. The molecule has 3 aromatic rings. The summed E-state index contributed by atoms with van der Waals surface area (Å²) in [7, 11) is 0. The van der Waals surface area contributed by atoms with Gasteiger partial charge in [0.2, 0.25) is 5.91 Å². The number of rotatable bonds is 7. The number of ketones is 1. The molecule has 2 saturated heterocycles. The summed E-state index contributed by atoms with van der Waals surface area (Å²) in [6, 6.07) is 18.5. The van der Waals surface area contributed by atoms with E-state index in [4.69, 9.17) is 0 Å². The van der Waals surface area contributed by atoms with Crippen molar-refractivity contribution in [3.8, 4) is 10.4 Å². The Kier molecular flexibility index (Phi) is 7.42. The number of nitrogens with zero attached hydrogens (tertiary/aromatic N) is 2. The molecular weight excluding hydrogens is 498 g/mol. The second kappa shape index (κ2) is 10.9. The highest BCUT2D eigenvalue weighted by molar-refractivity contribution is 7.13. The maximum absolute atomic E-state index is 13.7. The summed E-state index contributed by atoms with van der Waals surface area (Å²) in [5.41, 5.74) is 2.03. The summed E-state index contributed by atoms with van der Waals surface area (Å²) in [5, 5.41) is 4.94. The maximum Gasteiger partial charge on any atom is 0.254 e. The molecule has 0 spiro atoms. The number of amides is 3. The van der Waals surface area contributed by atoms with Crippen LogP contribution in [0.3, 0.4) is 0 Å². The van der Waals surface area contributed by atoms with Crippen LogP contribution >= 0.6 is 11.3 Å². The number of benzene rings is 2. The summed E-state index contributed by atoms with van der Waals surface area (Å²) in [5.74, 6) is -0.768. The fraction of sp³-hybridized carbons (Fsp3) is 0.333. The molecule has 3 amide bonds. The molecule has 3 atom stereocenters. The van der Waals surface area contributed by atoms with Gasteiger partial charge in [0, 0.05) is 22.5 Å². The van der Waals surface area contributed by atoms with Crippen molar-refractivity contribution in [2.75, 3.05) is 13.1 Å². The number of fused-ring (bicyclic) bond motifs is 1. The summed E-state index contributed by atoms with van der Waals surface area (Å²) in [6.07, 6.45) is 0.986. The number of thiophene rings is 1. The van der Waals surface area contributed by atoms with Crippen LogP contribution in [-0.2, 0) is 9.59 Å². The Hall–Kier alpha value is -3.78. The van der Waals surface area contributed by atoms with Crippen LogP contribution in [0.2, 0.25) is 0 Å². The van der Waals surface area contributed by atoms with E-state index in [1.807, 2.05) is 49.6 Å². The predicted octanol–water partition coefficient (Wildman–Crippen LogP) is 4.25. The zero-order valence-corrected chi connectivity index (χ0v) is 22.3. The second-order valence-corrected chi connectivity index (χ2v) is 11.3. The highest BCUT2D eigenvalue weighted by Crippen LogP contribution is 2.32. The molecule has 196 valence electrons. The molecule has 2 fully saturated rings. The number of carbonyl (C=O) groups is 4. The SMILES string of the molecule is CC(C)CC(NC(=O)c1ccc(-c2cccs2)cc1)C(=O)N1CCC2C1C(=O)CN2C(=O)c1ccccc1. The maximum atomic E-state index is 13.7. The van der Waals surface area contributed by atoms with Gasteiger partial charge < -0.3 is 15.1 Å². The van der Waals surface area contributed by atoms with Crippen molar-refractivity contribution in [3.63, 3.8) is 0 Å². The molecule has 3 heterocycles. The van der Waals surface area contributed by atoms with Gasteiger partial charge in [-0.15, -0.1) is 11.3 Å². The van der Waals surface area contributed by atoms with Gasteiger partial charge in [-0.25, -0.2) is 0 Å². The lowest BCUT2D eigenvalue weighted by Gasteiger charge is -2.29. The highest BCUT2D eigenvalue weighted by Gasteiger charge is 2.52. The molecule has 0 bridgehead atoms. The van der Waals surface area contributed by atoms with Gasteiger partial charge in [-0.3, -0.25) is 19.2 Å². The highest BCUT2D eigenvalue weighted by atomic mass is 32.1. The van der Waals surface area contributed by atoms with Crippen molar-refractivity contribution in [3.05, 3.63) is 83.2 Å². The average molecular weight is 530 g/mol. The first-order chi connectivity index (χ1) is 18.3. The largest absolute Gasteiger partial charge is 0.340 e. The minimum absolute atomic E-state index is 0.00929. The minimum Gasteiger partial charge on any atom is -0.340 e. The van der Waals surface area contributed by atoms with E-state index in [1.165, 1.54) is 0 Å². The van der Waals surface area contributed by atoms with Crippen LogP contribution in [0.5, 0.6) is 0 Å². The number of carbonyl (C=O) groups excluding carboxylic acids is 4. The summed E-state index contributed by atoms with van der Waals surface area (Å²) >= 11 is 1.63. The fourth-order valence-corrected chi connectivity index (χ4v) is 6.18. The first kappa shape index (κ1) is 25.9. The summed E-state index contributed by atoms with van der Waals surface area (Å²) < 4.78 is 0. The van der Waals surface area contributed by atoms with E-state index in [2.05, 4.69) is 5.32 Å². The van der Waals surface area contributed by atoms with Gasteiger partial charge in [-0.05, 0) is 60.0 Å². The molecule has 38 heavy (non-hydrogen) atoms. The van der Waals surface area contributed by atoms with Gasteiger partial charge in [0.15, 0.2) is 5.78 Å². The summed E-state index contributed by atoms with van der Waals surface area (Å²) in [6.45, 7) is 4.36. The van der Waals surface area contributed by atoms with E-state index in [1.54, 1.807) is 57.5 Å². The average Bonchev–Trinajstić information content (AvgIpc) is 3.67. The Balaban J connectivity index is 1.30. The quantitative estimate of drug-likeness (QED) is 0.496. The lowest BCUT2D eigenvalue weighted by Crippen LogP contribution is -2.53. The first-order valence-electron chi connectivity index (χ1n) is 13.0. The molecule has 2 aliphatic heterocycles. The van der Waals surface area contributed by atoms with Crippen LogP contribution in [0.25, 0.3) is 10.4 Å². The van der Waals surface area contributed by atoms with Crippen LogP contribution in [0, 0.1) is 5.92 Å². The van der Waals surface area contributed by atoms with Crippen LogP contribution < -0.4 is 5.32 Å². The second-order valence-electron chi connectivity index (χ2n) is 10.3. The smallest absolute Gasteiger partial charge is 0.254 e. The Labute approximate surface area is 226 Å². The molecule has 0 aliphatic carbocycles. The lowest BCUT2D eigenvalue weighted by atomic mass is 10.0. The van der Waals surface area contributed by atoms with Crippen molar-refractivity contribution >= 4 is 34.8 Å². The van der Waals surface area contributed by atoms with E-state index >= 15 is 0 Å². The Morgan fingerprint density at radius 2 is 1.68 bits per heavy atom. The van der Waals surface area contributed by atoms with Gasteiger partial charge in [0.25, 0.3) is 11.8 Å². The van der Waals surface area contributed by atoms with E-state index in [-0.39, 0.29) is 42.0 Å². The minimum atomic E-state index is -0.759.